The third kappa shape index (κ3) is 4.02. The molecule has 2 aliphatic heterocycles. The molecule has 0 spiro atoms. The fraction of sp³-hybridized carbons (Fsp3) is 0.476. The van der Waals surface area contributed by atoms with E-state index < -0.39 is 6.04 Å². The van der Waals surface area contributed by atoms with Crippen LogP contribution in [-0.2, 0) is 16.1 Å². The van der Waals surface area contributed by atoms with E-state index in [1.54, 1.807) is 11.9 Å². The number of amides is 2. The van der Waals surface area contributed by atoms with E-state index in [9.17, 15) is 14.4 Å². The first-order valence-corrected chi connectivity index (χ1v) is 9.59. The normalized spacial score (nSPS) is 17.8. The van der Waals surface area contributed by atoms with E-state index in [1.165, 1.54) is 0 Å². The lowest BCUT2D eigenvalue weighted by molar-refractivity contribution is -0.125. The number of benzene rings is 1. The number of likely N-dealkylation sites (N-methyl/N-ethyl adjacent to an activating group) is 1. The maximum Gasteiger partial charge on any atom is 0.255 e. The zero-order valence-corrected chi connectivity index (χ0v) is 16.2. The number of terminal acetylenes is 1. The Morgan fingerprint density at radius 3 is 2.71 bits per heavy atom. The van der Waals surface area contributed by atoms with Crippen LogP contribution in [0.25, 0.3) is 0 Å². The number of aldehydes is 1. The molecule has 7 heteroatoms. The van der Waals surface area contributed by atoms with Gasteiger partial charge in [-0.15, -0.1) is 6.42 Å². The van der Waals surface area contributed by atoms with Crippen LogP contribution < -0.4 is 10.2 Å². The van der Waals surface area contributed by atoms with E-state index >= 15 is 0 Å². The zero-order valence-electron chi connectivity index (χ0n) is 16.2. The van der Waals surface area contributed by atoms with Crippen LogP contribution in [0.4, 0.5) is 5.69 Å². The first kappa shape index (κ1) is 19.9. The number of piperazine rings is 1. The highest BCUT2D eigenvalue weighted by Gasteiger charge is 2.36. The van der Waals surface area contributed by atoms with E-state index in [1.807, 2.05) is 18.2 Å². The van der Waals surface area contributed by atoms with Crippen LogP contribution in [0.2, 0.25) is 0 Å². The van der Waals surface area contributed by atoms with Crippen molar-refractivity contribution in [2.45, 2.75) is 25.4 Å². The van der Waals surface area contributed by atoms with Crippen LogP contribution in [0.1, 0.15) is 28.8 Å². The molecule has 1 atom stereocenters. The Balaban J connectivity index is 1.74. The molecule has 1 N–H and O–H groups in total. The van der Waals surface area contributed by atoms with Crippen LogP contribution in [0.3, 0.4) is 0 Å². The Bertz CT molecular complexity index is 793. The Labute approximate surface area is 165 Å². The minimum absolute atomic E-state index is 0.153. The Morgan fingerprint density at radius 2 is 2.07 bits per heavy atom. The molecule has 1 aromatic rings. The molecule has 0 aromatic heterocycles. The molecular formula is C21H26N4O3. The van der Waals surface area contributed by atoms with E-state index in [0.717, 1.165) is 43.7 Å². The van der Waals surface area contributed by atoms with Crippen molar-refractivity contribution < 1.29 is 14.4 Å². The summed E-state index contributed by atoms with van der Waals surface area (Å²) in [6.07, 6.45) is 6.74. The van der Waals surface area contributed by atoms with Crippen LogP contribution in [0.5, 0.6) is 0 Å². The maximum atomic E-state index is 12.8. The lowest BCUT2D eigenvalue weighted by Gasteiger charge is -2.35. The number of nitrogens with one attached hydrogen (secondary N) is 1. The first-order valence-electron chi connectivity index (χ1n) is 9.59. The minimum atomic E-state index is -0.633. The van der Waals surface area contributed by atoms with E-state index in [-0.39, 0.29) is 18.2 Å². The highest BCUT2D eigenvalue weighted by atomic mass is 16.2. The van der Waals surface area contributed by atoms with Gasteiger partial charge in [0.05, 0.1) is 6.54 Å². The van der Waals surface area contributed by atoms with Crippen molar-refractivity contribution in [1.29, 1.82) is 0 Å². The fourth-order valence-corrected chi connectivity index (χ4v) is 3.89. The average Bonchev–Trinajstić information content (AvgIpc) is 3.04. The molecule has 2 amide bonds. The van der Waals surface area contributed by atoms with E-state index in [0.29, 0.717) is 25.1 Å². The molecule has 0 bridgehead atoms. The fourth-order valence-electron chi connectivity index (χ4n) is 3.89. The van der Waals surface area contributed by atoms with Crippen molar-refractivity contribution in [3.63, 3.8) is 0 Å². The predicted octanol–water partition coefficient (Wildman–Crippen LogP) is 0.491. The van der Waals surface area contributed by atoms with Crippen LogP contribution >= 0.6 is 0 Å². The number of hydrogen-bond donors (Lipinski definition) is 1. The second-order valence-electron chi connectivity index (χ2n) is 7.12. The van der Waals surface area contributed by atoms with Gasteiger partial charge in [-0.2, -0.15) is 0 Å². The van der Waals surface area contributed by atoms with Gasteiger partial charge in [0.25, 0.3) is 5.91 Å². The third-order valence-electron chi connectivity index (χ3n) is 5.46. The van der Waals surface area contributed by atoms with Gasteiger partial charge in [-0.25, -0.2) is 0 Å². The van der Waals surface area contributed by atoms with Gasteiger partial charge >= 0.3 is 0 Å². The number of carbonyl (C=O) groups is 3. The standard InChI is InChI=1S/C21H26N4O3/c1-3-8-23-9-11-24(12-10-23)17-6-7-18-16(14-17)15-25(21(18)28)19(5-4-13-26)20(27)22-2/h1,6-7,13-14,19H,4-5,8-12,15H2,2H3,(H,22,27). The molecule has 28 heavy (non-hydrogen) atoms. The molecule has 0 radical (unpaired) electrons. The van der Waals surface area contributed by atoms with Crippen LogP contribution in [0, 0.1) is 12.3 Å². The summed E-state index contributed by atoms with van der Waals surface area (Å²) in [5.41, 5.74) is 2.64. The molecule has 3 rings (SSSR count). The molecule has 1 fully saturated rings. The van der Waals surface area contributed by atoms with Crippen molar-refractivity contribution in [3.05, 3.63) is 29.3 Å². The maximum absolute atomic E-state index is 12.8. The van der Waals surface area contributed by atoms with Crippen LogP contribution in [-0.4, -0.2) is 73.7 Å². The Hall–Kier alpha value is -2.85. The number of anilines is 1. The largest absolute Gasteiger partial charge is 0.369 e. The number of fused-ring (bicyclic) bond motifs is 1. The van der Waals surface area contributed by atoms with Crippen LogP contribution in [0.15, 0.2) is 18.2 Å². The summed E-state index contributed by atoms with van der Waals surface area (Å²) in [4.78, 5) is 42.0. The smallest absolute Gasteiger partial charge is 0.255 e. The monoisotopic (exact) mass is 382 g/mol. The molecule has 1 unspecified atom stereocenters. The molecule has 7 nitrogen and oxygen atoms in total. The van der Waals surface area contributed by atoms with Crippen molar-refractivity contribution in [2.24, 2.45) is 0 Å². The highest BCUT2D eigenvalue weighted by Crippen LogP contribution is 2.30. The van der Waals surface area contributed by atoms with Crippen molar-refractivity contribution >= 4 is 23.8 Å². The van der Waals surface area contributed by atoms with Gasteiger partial charge in [0.1, 0.15) is 12.3 Å². The molecule has 2 aliphatic rings. The second-order valence-corrected chi connectivity index (χ2v) is 7.12. The quantitative estimate of drug-likeness (QED) is 0.549. The number of hydrogen-bond acceptors (Lipinski definition) is 5. The number of rotatable bonds is 7. The summed E-state index contributed by atoms with van der Waals surface area (Å²) >= 11 is 0. The van der Waals surface area contributed by atoms with Gasteiger partial charge in [0.15, 0.2) is 0 Å². The summed E-state index contributed by atoms with van der Waals surface area (Å²) in [5.74, 6) is 2.29. The molecule has 1 saturated heterocycles. The average molecular weight is 382 g/mol. The SMILES string of the molecule is C#CCN1CCN(c2ccc3c(c2)CN(C(CCC=O)C(=O)NC)C3=O)CC1. The van der Waals surface area contributed by atoms with Gasteiger partial charge in [0.2, 0.25) is 5.91 Å². The summed E-state index contributed by atoms with van der Waals surface area (Å²) in [6, 6.07) is 5.23. The van der Waals surface area contributed by atoms with E-state index in [2.05, 4.69) is 21.0 Å². The number of carbonyl (C=O) groups excluding carboxylic acids is 3. The Kier molecular flexibility index (Phi) is 6.32. The molecule has 2 heterocycles. The third-order valence-corrected chi connectivity index (χ3v) is 5.46. The first-order chi connectivity index (χ1) is 13.6. The van der Waals surface area contributed by atoms with Gasteiger partial charge in [-0.05, 0) is 30.2 Å². The molecule has 148 valence electrons. The summed E-state index contributed by atoms with van der Waals surface area (Å²) in [5, 5.41) is 2.60. The lowest BCUT2D eigenvalue weighted by Crippen LogP contribution is -2.46. The van der Waals surface area contributed by atoms with Crippen molar-refractivity contribution in [2.75, 3.05) is 44.7 Å². The second kappa shape index (κ2) is 8.89. The summed E-state index contributed by atoms with van der Waals surface area (Å²) in [7, 11) is 1.54. The topological polar surface area (TPSA) is 73.0 Å². The number of nitrogens with zero attached hydrogens (tertiary/aromatic N) is 3. The molecule has 1 aromatic carbocycles. The van der Waals surface area contributed by atoms with Crippen molar-refractivity contribution in [3.8, 4) is 12.3 Å². The lowest BCUT2D eigenvalue weighted by atomic mass is 10.1. The van der Waals surface area contributed by atoms with Gasteiger partial charge in [0, 0.05) is 57.4 Å². The predicted molar refractivity (Wildman–Crippen MR) is 107 cm³/mol. The van der Waals surface area contributed by atoms with Crippen molar-refractivity contribution in [1.82, 2.24) is 15.1 Å². The molecular weight excluding hydrogens is 356 g/mol. The highest BCUT2D eigenvalue weighted by molar-refractivity contribution is 6.01. The minimum Gasteiger partial charge on any atom is -0.369 e. The van der Waals surface area contributed by atoms with Gasteiger partial charge in [-0.3, -0.25) is 14.5 Å². The zero-order chi connectivity index (χ0) is 20.1. The van der Waals surface area contributed by atoms with Gasteiger partial charge in [-0.1, -0.05) is 5.92 Å². The molecule has 0 saturated carbocycles. The van der Waals surface area contributed by atoms with E-state index in [4.69, 9.17) is 6.42 Å². The Morgan fingerprint density at radius 1 is 1.32 bits per heavy atom. The molecule has 0 aliphatic carbocycles. The summed E-state index contributed by atoms with van der Waals surface area (Å²) < 4.78 is 0. The van der Waals surface area contributed by atoms with Gasteiger partial charge < -0.3 is 19.9 Å². The summed E-state index contributed by atoms with van der Waals surface area (Å²) in [6.45, 7) is 4.66.